The molecule has 0 aliphatic heterocycles. The molecule has 0 saturated heterocycles. The lowest BCUT2D eigenvalue weighted by Gasteiger charge is -2.12. The van der Waals surface area contributed by atoms with Crippen molar-refractivity contribution < 1.29 is 9.53 Å². The van der Waals surface area contributed by atoms with Gasteiger partial charge in [-0.15, -0.1) is 5.10 Å². The fourth-order valence-electron chi connectivity index (χ4n) is 1.79. The molecule has 0 aliphatic rings. The Kier molecular flexibility index (Phi) is 4.47. The molecule has 0 bridgehead atoms. The van der Waals surface area contributed by atoms with E-state index in [1.54, 1.807) is 29.1 Å². The van der Waals surface area contributed by atoms with E-state index in [1.165, 1.54) is 0 Å². The van der Waals surface area contributed by atoms with Gasteiger partial charge in [0.2, 0.25) is 5.78 Å². The van der Waals surface area contributed by atoms with Crippen LogP contribution in [0.4, 0.5) is 0 Å². The second-order valence-corrected chi connectivity index (χ2v) is 4.65. The van der Waals surface area contributed by atoms with E-state index in [1.807, 2.05) is 19.9 Å². The number of hydrogen-bond donors (Lipinski definition) is 1. The van der Waals surface area contributed by atoms with Crippen molar-refractivity contribution in [1.82, 2.24) is 15.0 Å². The summed E-state index contributed by atoms with van der Waals surface area (Å²) in [6, 6.07) is 7.13. The molecule has 0 radical (unpaired) electrons. The van der Waals surface area contributed by atoms with E-state index < -0.39 is 0 Å². The number of ether oxygens (including phenoxy) is 1. The number of hydrogen-bond acceptors (Lipinski definition) is 5. The van der Waals surface area contributed by atoms with Gasteiger partial charge in [-0.05, 0) is 26.0 Å². The third-order valence-electron chi connectivity index (χ3n) is 2.62. The molecule has 0 amide bonds. The summed E-state index contributed by atoms with van der Waals surface area (Å²) in [6.07, 6.45) is 1.60. The maximum absolute atomic E-state index is 12.4. The highest BCUT2D eigenvalue weighted by Crippen LogP contribution is 2.21. The molecule has 2 N–H and O–H groups in total. The molecule has 2 aromatic rings. The van der Waals surface area contributed by atoms with Crippen molar-refractivity contribution in [3.63, 3.8) is 0 Å². The topological polar surface area (TPSA) is 83.0 Å². The monoisotopic (exact) mass is 274 g/mol. The van der Waals surface area contributed by atoms with Gasteiger partial charge in [0, 0.05) is 6.54 Å². The Morgan fingerprint density at radius 1 is 1.40 bits per heavy atom. The van der Waals surface area contributed by atoms with Gasteiger partial charge < -0.3 is 10.5 Å². The molecular weight excluding hydrogens is 256 g/mol. The van der Waals surface area contributed by atoms with Crippen LogP contribution in [0.2, 0.25) is 0 Å². The quantitative estimate of drug-likeness (QED) is 0.802. The van der Waals surface area contributed by atoms with Crippen LogP contribution in [0.1, 0.15) is 29.9 Å². The van der Waals surface area contributed by atoms with E-state index >= 15 is 0 Å². The lowest BCUT2D eigenvalue weighted by molar-refractivity contribution is 0.102. The summed E-state index contributed by atoms with van der Waals surface area (Å²) >= 11 is 0. The van der Waals surface area contributed by atoms with Crippen LogP contribution in [0, 0.1) is 0 Å². The maximum Gasteiger partial charge on any atom is 0.218 e. The normalized spacial score (nSPS) is 10.8. The standard InChI is InChI=1S/C14H18N4O2/c1-10(2)20-13-6-4-3-5-11(13)14(19)12-9-18(8-7-15)17-16-12/h3-6,9-10H,7-8,15H2,1-2H3. The molecule has 0 atom stereocenters. The van der Waals surface area contributed by atoms with Crippen LogP contribution in [0.5, 0.6) is 5.75 Å². The highest BCUT2D eigenvalue weighted by molar-refractivity contribution is 6.09. The van der Waals surface area contributed by atoms with Gasteiger partial charge in [0.25, 0.3) is 0 Å². The summed E-state index contributed by atoms with van der Waals surface area (Å²) < 4.78 is 7.20. The van der Waals surface area contributed by atoms with Crippen molar-refractivity contribution in [2.75, 3.05) is 6.54 Å². The molecular formula is C14H18N4O2. The van der Waals surface area contributed by atoms with E-state index in [-0.39, 0.29) is 11.9 Å². The van der Waals surface area contributed by atoms with Gasteiger partial charge >= 0.3 is 0 Å². The number of aromatic nitrogens is 3. The van der Waals surface area contributed by atoms with Gasteiger partial charge in [-0.1, -0.05) is 17.3 Å². The number of rotatable bonds is 6. The highest BCUT2D eigenvalue weighted by Gasteiger charge is 2.18. The number of ketones is 1. The zero-order chi connectivity index (χ0) is 14.5. The van der Waals surface area contributed by atoms with Crippen LogP contribution in [0.15, 0.2) is 30.5 Å². The average Bonchev–Trinajstić information content (AvgIpc) is 2.87. The van der Waals surface area contributed by atoms with Crippen molar-refractivity contribution in [2.24, 2.45) is 5.73 Å². The third-order valence-corrected chi connectivity index (χ3v) is 2.62. The molecule has 2 rings (SSSR count). The summed E-state index contributed by atoms with van der Waals surface area (Å²) in [6.45, 7) is 4.81. The maximum atomic E-state index is 12.4. The lowest BCUT2D eigenvalue weighted by atomic mass is 10.1. The van der Waals surface area contributed by atoms with Crippen molar-refractivity contribution >= 4 is 5.78 Å². The van der Waals surface area contributed by atoms with E-state index in [4.69, 9.17) is 10.5 Å². The molecule has 6 nitrogen and oxygen atoms in total. The molecule has 0 saturated carbocycles. The van der Waals surface area contributed by atoms with Crippen LogP contribution >= 0.6 is 0 Å². The predicted molar refractivity (Wildman–Crippen MR) is 74.7 cm³/mol. The summed E-state index contributed by atoms with van der Waals surface area (Å²) in [5.41, 5.74) is 6.22. The van der Waals surface area contributed by atoms with E-state index in [0.717, 1.165) is 0 Å². The minimum atomic E-state index is -0.204. The Labute approximate surface area is 117 Å². The molecule has 0 spiro atoms. The van der Waals surface area contributed by atoms with E-state index in [2.05, 4.69) is 10.3 Å². The Bertz CT molecular complexity index is 592. The SMILES string of the molecule is CC(C)Oc1ccccc1C(=O)c1cn(CCN)nn1. The number of nitrogens with two attached hydrogens (primary N) is 1. The fraction of sp³-hybridized carbons (Fsp3) is 0.357. The van der Waals surface area contributed by atoms with Crippen LogP contribution in [-0.2, 0) is 6.54 Å². The first-order valence-corrected chi connectivity index (χ1v) is 6.52. The van der Waals surface area contributed by atoms with Crippen LogP contribution < -0.4 is 10.5 Å². The summed E-state index contributed by atoms with van der Waals surface area (Å²) in [7, 11) is 0. The van der Waals surface area contributed by atoms with Crippen LogP contribution in [0.25, 0.3) is 0 Å². The van der Waals surface area contributed by atoms with Crippen LogP contribution in [-0.4, -0.2) is 33.4 Å². The minimum absolute atomic E-state index is 0.00290. The van der Waals surface area contributed by atoms with Crippen molar-refractivity contribution in [3.05, 3.63) is 41.7 Å². The zero-order valence-electron chi connectivity index (χ0n) is 11.6. The van der Waals surface area contributed by atoms with Crippen LogP contribution in [0.3, 0.4) is 0 Å². The number of carbonyl (C=O) groups is 1. The first-order valence-electron chi connectivity index (χ1n) is 6.52. The third kappa shape index (κ3) is 3.21. The minimum Gasteiger partial charge on any atom is -0.490 e. The largest absolute Gasteiger partial charge is 0.490 e. The van der Waals surface area contributed by atoms with Crippen molar-refractivity contribution in [3.8, 4) is 5.75 Å². The summed E-state index contributed by atoms with van der Waals surface area (Å²) in [4.78, 5) is 12.4. The molecule has 20 heavy (non-hydrogen) atoms. The Hall–Kier alpha value is -2.21. The Balaban J connectivity index is 2.27. The average molecular weight is 274 g/mol. The second-order valence-electron chi connectivity index (χ2n) is 4.65. The smallest absolute Gasteiger partial charge is 0.218 e. The molecule has 1 heterocycles. The molecule has 0 unspecified atom stereocenters. The fourth-order valence-corrected chi connectivity index (χ4v) is 1.79. The van der Waals surface area contributed by atoms with Gasteiger partial charge in [-0.3, -0.25) is 9.48 Å². The first-order chi connectivity index (χ1) is 9.61. The van der Waals surface area contributed by atoms with Gasteiger partial charge in [-0.25, -0.2) is 0 Å². The van der Waals surface area contributed by atoms with E-state index in [9.17, 15) is 4.79 Å². The Morgan fingerprint density at radius 2 is 2.15 bits per heavy atom. The van der Waals surface area contributed by atoms with Gasteiger partial charge in [-0.2, -0.15) is 0 Å². The summed E-state index contributed by atoms with van der Waals surface area (Å²) in [5.74, 6) is 0.352. The summed E-state index contributed by atoms with van der Waals surface area (Å²) in [5, 5.41) is 7.75. The highest BCUT2D eigenvalue weighted by atomic mass is 16.5. The van der Waals surface area contributed by atoms with Crippen molar-refractivity contribution in [1.29, 1.82) is 0 Å². The number of para-hydroxylation sites is 1. The molecule has 1 aromatic carbocycles. The van der Waals surface area contributed by atoms with E-state index in [0.29, 0.717) is 30.1 Å². The lowest BCUT2D eigenvalue weighted by Crippen LogP contribution is -2.11. The predicted octanol–water partition coefficient (Wildman–Crippen LogP) is 1.25. The number of nitrogens with zero attached hydrogens (tertiary/aromatic N) is 3. The first kappa shape index (κ1) is 14.2. The van der Waals surface area contributed by atoms with Gasteiger partial charge in [0.15, 0.2) is 5.69 Å². The second kappa shape index (κ2) is 6.29. The molecule has 106 valence electrons. The number of carbonyl (C=O) groups excluding carboxylic acids is 1. The molecule has 0 aliphatic carbocycles. The zero-order valence-corrected chi connectivity index (χ0v) is 11.6. The molecule has 1 aromatic heterocycles. The number of benzene rings is 1. The van der Waals surface area contributed by atoms with Gasteiger partial charge in [0.05, 0.1) is 24.4 Å². The molecule has 0 fully saturated rings. The Morgan fingerprint density at radius 3 is 2.85 bits per heavy atom. The molecule has 6 heteroatoms. The van der Waals surface area contributed by atoms with Crippen molar-refractivity contribution in [2.45, 2.75) is 26.5 Å². The van der Waals surface area contributed by atoms with Gasteiger partial charge in [0.1, 0.15) is 5.75 Å².